The molecule has 21 N–H and O–H groups in total. The predicted octanol–water partition coefficient (Wildman–Crippen LogP) is -3.31. The number of imidazole rings is 1. The minimum absolute atomic E-state index is 0.0306. The molecule has 5 aromatic rings. The highest BCUT2D eigenvalue weighted by Gasteiger charge is 2.40. The number of likely N-dealkylation sites (tertiary alicyclic amines) is 1. The van der Waals surface area contributed by atoms with Crippen LogP contribution in [0.2, 0.25) is 0 Å². The van der Waals surface area contributed by atoms with Gasteiger partial charge in [-0.05, 0) is 74.6 Å². The number of carboxylic acids is 1. The Morgan fingerprint density at radius 3 is 1.74 bits per heavy atom. The van der Waals surface area contributed by atoms with Crippen LogP contribution in [-0.2, 0) is 72.0 Å². The van der Waals surface area contributed by atoms with E-state index in [0.29, 0.717) is 45.0 Å². The second-order valence-corrected chi connectivity index (χ2v) is 22.2. The van der Waals surface area contributed by atoms with Crippen LogP contribution in [-0.4, -0.2) is 187 Å². The minimum atomic E-state index is -1.75. The SMILES string of the molecule is CC(C)CC(NC(=O)C(CCCN=C(N)N)NC(=O)C(Cc1c[nH]c2ccccc12)NC(=O)C(C)NC(=O)C(CO)NC(=O)C(Cc1c[nH]c2ccccc12)NC(=O)C(Cc1cnc[nH]1)NC(=O)C(N)CCC(N)=O)C(=O)N1CCCC1C(=O)NCC(=O)O. The molecule has 4 heterocycles. The van der Waals surface area contributed by atoms with Crippen LogP contribution >= 0.6 is 0 Å². The Hall–Kier alpha value is -9.91. The lowest BCUT2D eigenvalue weighted by atomic mass is 10.0. The number of carboxylic acid groups (broad SMARTS) is 1. The van der Waals surface area contributed by atoms with Crippen molar-refractivity contribution >= 4 is 92.8 Å². The number of rotatable bonds is 34. The maximum absolute atomic E-state index is 14.7. The van der Waals surface area contributed by atoms with Crippen LogP contribution in [0.1, 0.15) is 82.5 Å². The Morgan fingerprint density at radius 2 is 1.19 bits per heavy atom. The molecular formula is C58H80N18O13. The quantitative estimate of drug-likeness (QED) is 0.0109. The van der Waals surface area contributed by atoms with E-state index >= 15 is 0 Å². The number of benzene rings is 2. The fourth-order valence-electron chi connectivity index (χ4n) is 10.2. The smallest absolute Gasteiger partial charge is 0.322 e. The highest BCUT2D eigenvalue weighted by Crippen LogP contribution is 2.23. The second-order valence-electron chi connectivity index (χ2n) is 22.2. The number of nitrogens with one attached hydrogen (secondary N) is 11. The third-order valence-electron chi connectivity index (χ3n) is 14.8. The van der Waals surface area contributed by atoms with Crippen LogP contribution < -0.4 is 65.5 Å². The normalized spacial score (nSPS) is 15.7. The number of aliphatic imine (C=N–C) groups is 1. The molecule has 31 nitrogen and oxygen atoms in total. The van der Waals surface area contributed by atoms with Gasteiger partial charge in [0.2, 0.25) is 59.1 Å². The number of aromatic amines is 3. The Balaban J connectivity index is 1.21. The van der Waals surface area contributed by atoms with Crippen molar-refractivity contribution in [1.29, 1.82) is 0 Å². The van der Waals surface area contributed by atoms with E-state index in [1.807, 2.05) is 13.8 Å². The summed E-state index contributed by atoms with van der Waals surface area (Å²) >= 11 is 0. The number of fused-ring (bicyclic) bond motifs is 2. The fraction of sp³-hybridized carbons (Fsp3) is 0.466. The van der Waals surface area contributed by atoms with Gasteiger partial charge in [0, 0.05) is 84.9 Å². The van der Waals surface area contributed by atoms with Gasteiger partial charge in [-0.2, -0.15) is 0 Å². The first-order chi connectivity index (χ1) is 42.4. The third-order valence-corrected chi connectivity index (χ3v) is 14.8. The standard InChI is InChI=1S/C58H80N18O13/c1-30(2)20-44(57(89)76-19-9-15-46(76)56(88)67-27-48(79)80)74-51(83)40(14-8-18-64-58(61)62)70-52(84)41(21-32-24-65-38-12-6-4-10-35(32)38)71-49(81)31(3)69-55(87)45(28-77)75-53(85)42(22-33-25-66-39-13-7-5-11-36(33)39)73-54(86)43(23-34-26-63-29-68-34)72-50(82)37(59)16-17-47(60)78/h4-7,10-13,24-26,29-31,37,40-46,65-66,77H,8-9,14-23,27-28,59H2,1-3H3,(H2,60,78)(H,63,68)(H,67,88)(H,69,87)(H,70,84)(H,71,81)(H,72,82)(H,73,86)(H,74,83)(H,75,85)(H,79,80)(H4,61,62,64). The van der Waals surface area contributed by atoms with Gasteiger partial charge in [-0.15, -0.1) is 0 Å². The van der Waals surface area contributed by atoms with E-state index in [-0.39, 0.29) is 82.8 Å². The van der Waals surface area contributed by atoms with Gasteiger partial charge in [-0.25, -0.2) is 4.98 Å². The number of hydrogen-bond donors (Lipinski definition) is 17. The van der Waals surface area contributed by atoms with Gasteiger partial charge in [-0.1, -0.05) is 50.2 Å². The predicted molar refractivity (Wildman–Crippen MR) is 324 cm³/mol. The summed E-state index contributed by atoms with van der Waals surface area (Å²) in [7, 11) is 0. The number of para-hydroxylation sites is 2. The number of carbonyl (C=O) groups excluding carboxylic acids is 10. The number of aliphatic carboxylic acids is 1. The van der Waals surface area contributed by atoms with Gasteiger partial charge in [0.05, 0.1) is 19.0 Å². The third kappa shape index (κ3) is 20.1. The van der Waals surface area contributed by atoms with Crippen LogP contribution in [0.5, 0.6) is 0 Å². The fourth-order valence-corrected chi connectivity index (χ4v) is 10.2. The maximum atomic E-state index is 14.7. The van der Waals surface area contributed by atoms with E-state index in [0.717, 1.165) is 0 Å². The molecule has 6 rings (SSSR count). The summed E-state index contributed by atoms with van der Waals surface area (Å²) in [5.41, 5.74) is 25.4. The lowest BCUT2D eigenvalue weighted by Crippen LogP contribution is -2.61. The first-order valence-electron chi connectivity index (χ1n) is 29.1. The van der Waals surface area contributed by atoms with E-state index in [1.54, 1.807) is 60.9 Å². The Bertz CT molecular complexity index is 3340. The molecule has 0 spiro atoms. The largest absolute Gasteiger partial charge is 0.480 e. The number of guanidine groups is 1. The average molecular weight is 1240 g/mol. The summed E-state index contributed by atoms with van der Waals surface area (Å²) in [6, 6.07) is 1.90. The van der Waals surface area contributed by atoms with Gasteiger partial charge in [0.25, 0.3) is 0 Å². The van der Waals surface area contributed by atoms with Crippen LogP contribution in [0, 0.1) is 5.92 Å². The van der Waals surface area contributed by atoms with Crippen molar-refractivity contribution in [3.63, 3.8) is 0 Å². The van der Waals surface area contributed by atoms with Crippen molar-refractivity contribution in [2.24, 2.45) is 33.8 Å². The van der Waals surface area contributed by atoms with Gasteiger partial charge >= 0.3 is 5.97 Å². The van der Waals surface area contributed by atoms with E-state index < -0.39 is 133 Å². The number of hydrogen-bond acceptors (Lipinski definition) is 15. The summed E-state index contributed by atoms with van der Waals surface area (Å²) < 4.78 is 0. The van der Waals surface area contributed by atoms with Crippen molar-refractivity contribution < 1.29 is 63.0 Å². The Labute approximate surface area is 511 Å². The molecule has 2 aromatic carbocycles. The first kappa shape index (κ1) is 68.2. The number of carbonyl (C=O) groups is 11. The van der Waals surface area contributed by atoms with Gasteiger partial charge in [-0.3, -0.25) is 57.7 Å². The summed E-state index contributed by atoms with van der Waals surface area (Å²) in [6.45, 7) is 3.43. The van der Waals surface area contributed by atoms with Crippen molar-refractivity contribution in [2.45, 2.75) is 139 Å². The molecule has 0 bridgehead atoms. The molecule has 89 heavy (non-hydrogen) atoms. The number of H-pyrrole nitrogens is 3. The van der Waals surface area contributed by atoms with Crippen LogP contribution in [0.4, 0.5) is 0 Å². The number of aromatic nitrogens is 4. The van der Waals surface area contributed by atoms with E-state index in [1.165, 1.54) is 24.3 Å². The zero-order valence-electron chi connectivity index (χ0n) is 49.6. The molecule has 9 atom stereocenters. The molecule has 10 amide bonds. The van der Waals surface area contributed by atoms with Crippen molar-refractivity contribution in [3.8, 4) is 0 Å². The number of nitrogens with two attached hydrogens (primary N) is 4. The molecule has 9 unspecified atom stereocenters. The van der Waals surface area contributed by atoms with Crippen LogP contribution in [0.3, 0.4) is 0 Å². The maximum Gasteiger partial charge on any atom is 0.322 e. The number of amides is 10. The van der Waals surface area contributed by atoms with Crippen LogP contribution in [0.25, 0.3) is 21.8 Å². The molecule has 1 fully saturated rings. The molecule has 0 radical (unpaired) electrons. The highest BCUT2D eigenvalue weighted by atomic mass is 16.4. The lowest BCUT2D eigenvalue weighted by Gasteiger charge is -2.31. The van der Waals surface area contributed by atoms with Gasteiger partial charge in [0.1, 0.15) is 54.9 Å². The average Bonchev–Trinajstić information content (AvgIpc) is 1.96. The summed E-state index contributed by atoms with van der Waals surface area (Å²) in [6.07, 6.45) is 6.03. The zero-order valence-corrected chi connectivity index (χ0v) is 49.6. The Morgan fingerprint density at radius 1 is 0.663 bits per heavy atom. The van der Waals surface area contributed by atoms with Gasteiger partial charge in [0.15, 0.2) is 5.96 Å². The van der Waals surface area contributed by atoms with E-state index in [4.69, 9.17) is 28.0 Å². The molecule has 1 aliphatic heterocycles. The van der Waals surface area contributed by atoms with E-state index in [2.05, 4.69) is 67.5 Å². The van der Waals surface area contributed by atoms with Crippen LogP contribution in [0.15, 0.2) is 78.4 Å². The highest BCUT2D eigenvalue weighted by molar-refractivity contribution is 5.99. The zero-order chi connectivity index (χ0) is 64.9. The molecular weight excluding hydrogens is 1160 g/mol. The summed E-state index contributed by atoms with van der Waals surface area (Å²) in [4.78, 5) is 168. The van der Waals surface area contributed by atoms with Crippen molar-refractivity contribution in [3.05, 3.63) is 90.3 Å². The second kappa shape index (κ2) is 32.7. The molecule has 1 aliphatic rings. The number of aliphatic hydroxyl groups is 1. The molecule has 480 valence electrons. The van der Waals surface area contributed by atoms with Crippen molar-refractivity contribution in [1.82, 2.24) is 67.4 Å². The molecule has 3 aromatic heterocycles. The first-order valence-corrected chi connectivity index (χ1v) is 29.1. The Kier molecular flexibility index (Phi) is 25.1. The number of aliphatic hydroxyl groups excluding tert-OH is 1. The number of primary amides is 1. The lowest BCUT2D eigenvalue weighted by molar-refractivity contribution is -0.143. The molecule has 0 saturated carbocycles. The summed E-state index contributed by atoms with van der Waals surface area (Å²) in [5.74, 6) is -9.91. The minimum Gasteiger partial charge on any atom is -0.480 e. The number of nitrogens with zero attached hydrogens (tertiary/aromatic N) is 3. The molecule has 31 heteroatoms. The monoisotopic (exact) mass is 1240 g/mol. The van der Waals surface area contributed by atoms with E-state index in [9.17, 15) is 57.8 Å². The van der Waals surface area contributed by atoms with Gasteiger partial charge < -0.3 is 95.5 Å². The van der Waals surface area contributed by atoms with Crippen molar-refractivity contribution in [2.75, 3.05) is 26.2 Å². The summed E-state index contributed by atoms with van der Waals surface area (Å²) in [5, 5.41) is 41.8. The topological polar surface area (TPSA) is 504 Å². The molecule has 0 aliphatic carbocycles. The molecule has 1 saturated heterocycles.